The van der Waals surface area contributed by atoms with Gasteiger partial charge in [0, 0.05) is 41.9 Å². The molecule has 2 aromatic rings. The molecule has 0 fully saturated rings. The number of nitrogen functional groups attached to an aromatic ring is 1. The third kappa shape index (κ3) is 3.65. The van der Waals surface area contributed by atoms with E-state index < -0.39 is 4.92 Å². The number of hydrazine groups is 1. The van der Waals surface area contributed by atoms with Crippen LogP contribution in [0.15, 0.2) is 23.6 Å². The molecule has 0 saturated carbocycles. The van der Waals surface area contributed by atoms with E-state index >= 15 is 0 Å². The Bertz CT molecular complexity index is 614. The summed E-state index contributed by atoms with van der Waals surface area (Å²) < 4.78 is 0. The van der Waals surface area contributed by atoms with E-state index in [2.05, 4.69) is 15.7 Å². The molecule has 0 saturated heterocycles. The summed E-state index contributed by atoms with van der Waals surface area (Å²) >= 11 is 1.61. The number of thiazole rings is 1. The van der Waals surface area contributed by atoms with E-state index in [1.165, 1.54) is 12.1 Å². The van der Waals surface area contributed by atoms with Crippen molar-refractivity contribution < 1.29 is 4.92 Å². The minimum Gasteiger partial charge on any atom is -0.384 e. The monoisotopic (exact) mass is 293 g/mol. The third-order valence-corrected chi connectivity index (χ3v) is 3.66. The van der Waals surface area contributed by atoms with E-state index in [4.69, 9.17) is 5.84 Å². The van der Waals surface area contributed by atoms with Crippen LogP contribution < -0.4 is 16.6 Å². The lowest BCUT2D eigenvalue weighted by atomic mass is 10.2. The van der Waals surface area contributed by atoms with Crippen molar-refractivity contribution in [1.82, 2.24) is 4.98 Å². The van der Waals surface area contributed by atoms with Crippen LogP contribution in [0.5, 0.6) is 0 Å². The van der Waals surface area contributed by atoms with Gasteiger partial charge in [-0.15, -0.1) is 11.3 Å². The van der Waals surface area contributed by atoms with Gasteiger partial charge in [-0.05, 0) is 13.0 Å². The Morgan fingerprint density at radius 1 is 1.40 bits per heavy atom. The van der Waals surface area contributed by atoms with Crippen LogP contribution in [0.3, 0.4) is 0 Å². The van der Waals surface area contributed by atoms with Gasteiger partial charge in [-0.25, -0.2) is 4.98 Å². The van der Waals surface area contributed by atoms with Gasteiger partial charge in [0.25, 0.3) is 5.69 Å². The number of aryl methyl sites for hydroxylation is 1. The quantitative estimate of drug-likeness (QED) is 0.428. The molecule has 1 heterocycles. The van der Waals surface area contributed by atoms with Crippen LogP contribution in [0.2, 0.25) is 0 Å². The summed E-state index contributed by atoms with van der Waals surface area (Å²) in [5.41, 5.74) is 4.57. The molecule has 0 atom stereocenters. The summed E-state index contributed by atoms with van der Waals surface area (Å²) in [5.74, 6) is 5.30. The van der Waals surface area contributed by atoms with E-state index in [1.807, 2.05) is 12.3 Å². The highest BCUT2D eigenvalue weighted by molar-refractivity contribution is 7.09. The van der Waals surface area contributed by atoms with Crippen LogP contribution in [-0.4, -0.2) is 16.5 Å². The van der Waals surface area contributed by atoms with Crippen molar-refractivity contribution in [1.29, 1.82) is 0 Å². The summed E-state index contributed by atoms with van der Waals surface area (Å²) in [6.45, 7) is 2.60. The summed E-state index contributed by atoms with van der Waals surface area (Å²) in [4.78, 5) is 14.7. The maximum atomic E-state index is 10.8. The molecule has 2 rings (SSSR count). The smallest absolute Gasteiger partial charge is 0.273 e. The van der Waals surface area contributed by atoms with Crippen molar-refractivity contribution in [2.45, 2.75) is 13.3 Å². The van der Waals surface area contributed by atoms with E-state index in [1.54, 1.807) is 17.4 Å². The summed E-state index contributed by atoms with van der Waals surface area (Å²) in [6, 6.07) is 4.59. The van der Waals surface area contributed by atoms with Crippen LogP contribution in [0.25, 0.3) is 0 Å². The minimum atomic E-state index is -0.448. The van der Waals surface area contributed by atoms with Gasteiger partial charge in [0.15, 0.2) is 0 Å². The number of anilines is 2. The Kier molecular flexibility index (Phi) is 4.49. The number of nitrogens with two attached hydrogens (primary N) is 1. The SMILES string of the molecule is Cc1csc(CCNc2cc(NN)cc([N+](=O)[O-])c2)n1. The average Bonchev–Trinajstić information content (AvgIpc) is 2.84. The summed E-state index contributed by atoms with van der Waals surface area (Å²) in [5, 5.41) is 17.0. The molecule has 0 aliphatic rings. The number of nitrogens with one attached hydrogen (secondary N) is 2. The number of benzene rings is 1. The summed E-state index contributed by atoms with van der Waals surface area (Å²) in [7, 11) is 0. The molecule has 0 radical (unpaired) electrons. The second-order valence-corrected chi connectivity index (χ2v) is 5.17. The number of aromatic nitrogens is 1. The molecule has 8 heteroatoms. The Morgan fingerprint density at radius 2 is 2.15 bits per heavy atom. The van der Waals surface area contributed by atoms with Gasteiger partial charge in [-0.3, -0.25) is 16.0 Å². The van der Waals surface area contributed by atoms with Crippen LogP contribution in [0, 0.1) is 17.0 Å². The third-order valence-electron chi connectivity index (χ3n) is 2.63. The fraction of sp³-hybridized carbons (Fsp3) is 0.250. The fourth-order valence-corrected chi connectivity index (χ4v) is 2.51. The zero-order chi connectivity index (χ0) is 14.5. The first-order valence-electron chi connectivity index (χ1n) is 5.99. The molecule has 0 spiro atoms. The highest BCUT2D eigenvalue weighted by atomic mass is 32.1. The molecule has 0 amide bonds. The first-order chi connectivity index (χ1) is 9.58. The van der Waals surface area contributed by atoms with Gasteiger partial charge in [0.2, 0.25) is 0 Å². The van der Waals surface area contributed by atoms with Crippen molar-refractivity contribution in [2.24, 2.45) is 5.84 Å². The van der Waals surface area contributed by atoms with Crippen molar-refractivity contribution in [2.75, 3.05) is 17.3 Å². The van der Waals surface area contributed by atoms with Gasteiger partial charge in [0.05, 0.1) is 15.6 Å². The Labute approximate surface area is 120 Å². The molecule has 0 bridgehead atoms. The van der Waals surface area contributed by atoms with Gasteiger partial charge < -0.3 is 10.7 Å². The number of nitro groups is 1. The van der Waals surface area contributed by atoms with Gasteiger partial charge in [0.1, 0.15) is 0 Å². The zero-order valence-electron chi connectivity index (χ0n) is 10.9. The van der Waals surface area contributed by atoms with Crippen LogP contribution in [0.4, 0.5) is 17.1 Å². The highest BCUT2D eigenvalue weighted by Gasteiger charge is 2.09. The molecule has 0 unspecified atom stereocenters. The number of hydrogen-bond donors (Lipinski definition) is 3. The number of nitrogens with zero attached hydrogens (tertiary/aromatic N) is 2. The first-order valence-corrected chi connectivity index (χ1v) is 6.87. The largest absolute Gasteiger partial charge is 0.384 e. The van der Waals surface area contributed by atoms with E-state index in [-0.39, 0.29) is 5.69 Å². The number of rotatable bonds is 6. The topological polar surface area (TPSA) is 106 Å². The lowest BCUT2D eigenvalue weighted by Gasteiger charge is -2.07. The van der Waals surface area contributed by atoms with Gasteiger partial charge in [-0.1, -0.05) is 0 Å². The predicted molar refractivity (Wildman–Crippen MR) is 80.0 cm³/mol. The molecule has 0 aliphatic heterocycles. The molecular weight excluding hydrogens is 278 g/mol. The van der Waals surface area contributed by atoms with Gasteiger partial charge >= 0.3 is 0 Å². The molecule has 0 aliphatic carbocycles. The standard InChI is InChI=1S/C12H15N5O2S/c1-8-7-20-12(15-8)2-3-14-9-4-10(16-13)6-11(5-9)17(18)19/h4-7,14,16H,2-3,13H2,1H3. The maximum absolute atomic E-state index is 10.8. The normalized spacial score (nSPS) is 10.3. The molecule has 1 aromatic carbocycles. The Balaban J connectivity index is 2.01. The van der Waals surface area contributed by atoms with E-state index in [0.717, 1.165) is 17.1 Å². The van der Waals surface area contributed by atoms with Crippen molar-refractivity contribution in [3.05, 3.63) is 44.4 Å². The van der Waals surface area contributed by atoms with E-state index in [0.29, 0.717) is 17.9 Å². The van der Waals surface area contributed by atoms with Crippen LogP contribution in [0.1, 0.15) is 10.7 Å². The van der Waals surface area contributed by atoms with Crippen LogP contribution in [-0.2, 0) is 6.42 Å². The minimum absolute atomic E-state index is 0.00644. The molecule has 20 heavy (non-hydrogen) atoms. The second-order valence-electron chi connectivity index (χ2n) is 4.23. The molecule has 4 N–H and O–H groups in total. The van der Waals surface area contributed by atoms with Gasteiger partial charge in [-0.2, -0.15) is 0 Å². The lowest BCUT2D eigenvalue weighted by molar-refractivity contribution is -0.384. The summed E-state index contributed by atoms with van der Waals surface area (Å²) in [6.07, 6.45) is 0.770. The van der Waals surface area contributed by atoms with Crippen LogP contribution >= 0.6 is 11.3 Å². The fourth-order valence-electron chi connectivity index (χ4n) is 1.73. The number of nitro benzene ring substituents is 1. The Hall–Kier alpha value is -2.19. The van der Waals surface area contributed by atoms with Crippen molar-refractivity contribution in [3.63, 3.8) is 0 Å². The first kappa shape index (κ1) is 14.2. The molecule has 106 valence electrons. The molecule has 1 aromatic heterocycles. The Morgan fingerprint density at radius 3 is 2.75 bits per heavy atom. The number of non-ortho nitro benzene ring substituents is 1. The molecular formula is C12H15N5O2S. The lowest BCUT2D eigenvalue weighted by Crippen LogP contribution is -2.09. The zero-order valence-corrected chi connectivity index (χ0v) is 11.7. The van der Waals surface area contributed by atoms with Crippen molar-refractivity contribution >= 4 is 28.4 Å². The average molecular weight is 293 g/mol. The molecule has 7 nitrogen and oxygen atoms in total. The predicted octanol–water partition coefficient (Wildman–Crippen LogP) is 2.30. The maximum Gasteiger partial charge on any atom is 0.273 e. The van der Waals surface area contributed by atoms with E-state index in [9.17, 15) is 10.1 Å². The highest BCUT2D eigenvalue weighted by Crippen LogP contribution is 2.23. The second kappa shape index (κ2) is 6.31. The number of hydrogen-bond acceptors (Lipinski definition) is 7. The van der Waals surface area contributed by atoms with Crippen molar-refractivity contribution in [3.8, 4) is 0 Å².